The molecular formula is C52H28N2S2. The summed E-state index contributed by atoms with van der Waals surface area (Å²) in [6.07, 6.45) is 4.68. The van der Waals surface area contributed by atoms with E-state index in [0.717, 1.165) is 0 Å². The lowest BCUT2D eigenvalue weighted by atomic mass is 9.95. The molecule has 258 valence electrons. The molecule has 0 saturated carbocycles. The number of fused-ring (bicyclic) bond motifs is 24. The highest BCUT2D eigenvalue weighted by Gasteiger charge is 2.20. The second kappa shape index (κ2) is 10.5. The molecule has 0 radical (unpaired) electrons. The first-order valence-corrected chi connectivity index (χ1v) is 20.8. The SMILES string of the molecule is c1ccc2c(c1)cn1c3ccc(-c4ccc5cn6c7ccccc7c7ccc8c9ccccc9sc8c7c6c5c4)cc3c3ccc4sc5ccccc5c4c3c21. The molecule has 14 rings (SSSR count). The molecule has 0 spiro atoms. The minimum atomic E-state index is 1.23. The van der Waals surface area contributed by atoms with Crippen molar-refractivity contribution in [3.63, 3.8) is 0 Å². The Hall–Kier alpha value is -6.72. The van der Waals surface area contributed by atoms with Gasteiger partial charge < -0.3 is 8.80 Å². The van der Waals surface area contributed by atoms with Crippen LogP contribution in [0.25, 0.3) is 127 Å². The van der Waals surface area contributed by atoms with Gasteiger partial charge in [-0.05, 0) is 64.4 Å². The molecule has 0 aliphatic rings. The Labute approximate surface area is 327 Å². The van der Waals surface area contributed by atoms with E-state index in [1.165, 1.54) is 127 Å². The summed E-state index contributed by atoms with van der Waals surface area (Å²) >= 11 is 3.81. The number of nitrogens with zero attached hydrogens (tertiary/aromatic N) is 2. The molecule has 0 amide bonds. The lowest BCUT2D eigenvalue weighted by molar-refractivity contribution is 1.30. The van der Waals surface area contributed by atoms with Crippen LogP contribution in [0, 0.1) is 0 Å². The molecule has 4 heteroatoms. The number of para-hydroxylation sites is 1. The van der Waals surface area contributed by atoms with Crippen LogP contribution < -0.4 is 0 Å². The fourth-order valence-corrected chi connectivity index (χ4v) is 12.4. The van der Waals surface area contributed by atoms with Gasteiger partial charge in [0, 0.05) is 95.8 Å². The van der Waals surface area contributed by atoms with E-state index in [2.05, 4.69) is 179 Å². The molecular weight excluding hydrogens is 717 g/mol. The summed E-state index contributed by atoms with van der Waals surface area (Å²) in [6, 6.07) is 59.1. The smallest absolute Gasteiger partial charge is 0.0628 e. The minimum Gasteiger partial charge on any atom is -0.315 e. The molecule has 14 aromatic rings. The lowest BCUT2D eigenvalue weighted by Crippen LogP contribution is -1.91. The number of rotatable bonds is 1. The van der Waals surface area contributed by atoms with Crippen LogP contribution in [0.15, 0.2) is 170 Å². The normalized spacial score (nSPS) is 12.6. The number of aromatic nitrogens is 2. The topological polar surface area (TPSA) is 8.82 Å². The first kappa shape index (κ1) is 29.6. The number of pyridine rings is 2. The van der Waals surface area contributed by atoms with E-state index in [-0.39, 0.29) is 0 Å². The number of hydrogen-bond acceptors (Lipinski definition) is 2. The van der Waals surface area contributed by atoms with Crippen LogP contribution >= 0.6 is 22.7 Å². The van der Waals surface area contributed by atoms with E-state index in [4.69, 9.17) is 0 Å². The van der Waals surface area contributed by atoms with E-state index in [0.29, 0.717) is 0 Å². The van der Waals surface area contributed by atoms with Gasteiger partial charge in [0.15, 0.2) is 0 Å². The predicted octanol–water partition coefficient (Wildman–Crippen LogP) is 15.5. The van der Waals surface area contributed by atoms with E-state index in [1.807, 2.05) is 22.7 Å². The zero-order valence-corrected chi connectivity index (χ0v) is 31.5. The van der Waals surface area contributed by atoms with E-state index < -0.39 is 0 Å². The van der Waals surface area contributed by atoms with Gasteiger partial charge in [-0.1, -0.05) is 115 Å². The van der Waals surface area contributed by atoms with Gasteiger partial charge in [0.2, 0.25) is 0 Å². The number of hydrogen-bond donors (Lipinski definition) is 0. The highest BCUT2D eigenvalue weighted by Crippen LogP contribution is 2.47. The summed E-state index contributed by atoms with van der Waals surface area (Å²) in [6.45, 7) is 0. The average Bonchev–Trinajstić information content (AvgIpc) is 4.03. The minimum absolute atomic E-state index is 1.23. The van der Waals surface area contributed by atoms with Crippen LogP contribution in [0.5, 0.6) is 0 Å². The van der Waals surface area contributed by atoms with Crippen LogP contribution in [-0.2, 0) is 0 Å². The molecule has 8 aromatic carbocycles. The Morgan fingerprint density at radius 1 is 0.321 bits per heavy atom. The van der Waals surface area contributed by atoms with Crippen molar-refractivity contribution in [2.75, 3.05) is 0 Å². The molecule has 6 heterocycles. The highest BCUT2D eigenvalue weighted by atomic mass is 32.1. The summed E-state index contributed by atoms with van der Waals surface area (Å²) in [5, 5.41) is 18.3. The third-order valence-corrected chi connectivity index (χ3v) is 14.8. The molecule has 0 bridgehead atoms. The van der Waals surface area contributed by atoms with Crippen molar-refractivity contribution < 1.29 is 0 Å². The van der Waals surface area contributed by atoms with E-state index in [9.17, 15) is 0 Å². The third kappa shape index (κ3) is 3.71. The third-order valence-electron chi connectivity index (χ3n) is 12.4. The molecule has 6 aromatic heterocycles. The fraction of sp³-hybridized carbons (Fsp3) is 0. The average molecular weight is 745 g/mol. The van der Waals surface area contributed by atoms with Gasteiger partial charge in [-0.2, -0.15) is 0 Å². The Morgan fingerprint density at radius 2 is 0.911 bits per heavy atom. The zero-order chi connectivity index (χ0) is 36.2. The van der Waals surface area contributed by atoms with Crippen molar-refractivity contribution >= 4 is 139 Å². The van der Waals surface area contributed by atoms with Crippen LogP contribution in [-0.4, -0.2) is 8.80 Å². The number of thiophene rings is 2. The van der Waals surface area contributed by atoms with E-state index in [1.54, 1.807) is 0 Å². The maximum atomic E-state index is 2.45. The maximum absolute atomic E-state index is 2.45. The van der Waals surface area contributed by atoms with Gasteiger partial charge in [-0.25, -0.2) is 0 Å². The molecule has 0 saturated heterocycles. The van der Waals surface area contributed by atoms with Crippen molar-refractivity contribution in [1.82, 2.24) is 8.80 Å². The van der Waals surface area contributed by atoms with Gasteiger partial charge in [-0.3, -0.25) is 0 Å². The molecule has 0 aliphatic heterocycles. The van der Waals surface area contributed by atoms with Gasteiger partial charge in [-0.15, -0.1) is 22.7 Å². The predicted molar refractivity (Wildman–Crippen MR) is 245 cm³/mol. The van der Waals surface area contributed by atoms with Crippen LogP contribution in [0.2, 0.25) is 0 Å². The fourth-order valence-electron chi connectivity index (χ4n) is 10.0. The molecule has 0 N–H and O–H groups in total. The van der Waals surface area contributed by atoms with Crippen molar-refractivity contribution in [1.29, 1.82) is 0 Å². The summed E-state index contributed by atoms with van der Waals surface area (Å²) in [4.78, 5) is 0. The Bertz CT molecular complexity index is 4060. The quantitative estimate of drug-likeness (QED) is 0.148. The van der Waals surface area contributed by atoms with Crippen LogP contribution in [0.4, 0.5) is 0 Å². The van der Waals surface area contributed by atoms with Gasteiger partial charge in [0.25, 0.3) is 0 Å². The van der Waals surface area contributed by atoms with Gasteiger partial charge in [0.1, 0.15) is 0 Å². The lowest BCUT2D eigenvalue weighted by Gasteiger charge is -2.13. The maximum Gasteiger partial charge on any atom is 0.0628 e. The second-order valence-corrected chi connectivity index (χ2v) is 17.4. The summed E-state index contributed by atoms with van der Waals surface area (Å²) < 4.78 is 10.3. The summed E-state index contributed by atoms with van der Waals surface area (Å²) in [5.74, 6) is 0. The van der Waals surface area contributed by atoms with Crippen LogP contribution in [0.3, 0.4) is 0 Å². The molecule has 56 heavy (non-hydrogen) atoms. The first-order chi connectivity index (χ1) is 27.8. The van der Waals surface area contributed by atoms with Crippen molar-refractivity contribution in [2.45, 2.75) is 0 Å². The Balaban J connectivity index is 1.10. The van der Waals surface area contributed by atoms with E-state index >= 15 is 0 Å². The highest BCUT2D eigenvalue weighted by molar-refractivity contribution is 7.27. The monoisotopic (exact) mass is 744 g/mol. The molecule has 0 atom stereocenters. The van der Waals surface area contributed by atoms with Crippen LogP contribution in [0.1, 0.15) is 0 Å². The largest absolute Gasteiger partial charge is 0.315 e. The van der Waals surface area contributed by atoms with Gasteiger partial charge >= 0.3 is 0 Å². The second-order valence-electron chi connectivity index (χ2n) is 15.3. The summed E-state index contributed by atoms with van der Waals surface area (Å²) in [7, 11) is 0. The molecule has 0 unspecified atom stereocenters. The van der Waals surface area contributed by atoms with Gasteiger partial charge in [0.05, 0.1) is 22.1 Å². The standard InChI is InChI=1S/C52H28N2S2/c1-2-10-33-31(9-1)27-54-43-23-19-30(26-41(43)37-22-24-46-47(48(37)50(33)54)39-13-5-8-16-45(39)55-46)29-17-18-32-28-53-42-14-6-3-11-34(42)36-20-21-38-35-12-4-7-15-44(35)56-52(38)49(36)51(53)40(32)25-29/h1-28H. The van der Waals surface area contributed by atoms with Crippen molar-refractivity contribution in [3.8, 4) is 11.1 Å². The first-order valence-electron chi connectivity index (χ1n) is 19.2. The summed E-state index contributed by atoms with van der Waals surface area (Å²) in [5.41, 5.74) is 7.49. The molecule has 0 fully saturated rings. The number of benzene rings is 8. The van der Waals surface area contributed by atoms with Crippen molar-refractivity contribution in [3.05, 3.63) is 170 Å². The molecule has 0 aliphatic carbocycles. The zero-order valence-electron chi connectivity index (χ0n) is 29.9. The molecule has 2 nitrogen and oxygen atoms in total. The van der Waals surface area contributed by atoms with Crippen molar-refractivity contribution in [2.24, 2.45) is 0 Å². The Kier molecular flexibility index (Phi) is 5.56. The Morgan fingerprint density at radius 3 is 1.77 bits per heavy atom.